The Morgan fingerprint density at radius 1 is 1.00 bits per heavy atom. The van der Waals surface area contributed by atoms with Crippen LogP contribution in [0.25, 0.3) is 22.2 Å². The highest BCUT2D eigenvalue weighted by Gasteiger charge is 2.27. The van der Waals surface area contributed by atoms with Crippen LogP contribution in [0.5, 0.6) is 0 Å². The zero-order chi connectivity index (χ0) is 17.9. The fourth-order valence-corrected chi connectivity index (χ4v) is 3.46. The number of rotatable bonds is 5. The molecule has 0 fully saturated rings. The molecule has 5 heteroatoms. The maximum atomic E-state index is 11.4. The van der Waals surface area contributed by atoms with Crippen molar-refractivity contribution in [1.29, 1.82) is 0 Å². The van der Waals surface area contributed by atoms with Crippen LogP contribution in [0.2, 0.25) is 0 Å². The molecular weight excluding hydrogens is 326 g/mol. The van der Waals surface area contributed by atoms with E-state index in [1.807, 2.05) is 66.7 Å². The standard InChI is InChI=1S/C21H17N3O2/c25-24(26)14-18(15-7-2-1-3-8-15)20-17-10-4-5-11-19(17)23-21(20)16-9-6-12-22-13-16/h1-13,18,23H,14H2. The second-order valence-electron chi connectivity index (χ2n) is 6.18. The number of hydrogen-bond donors (Lipinski definition) is 1. The molecule has 1 unspecified atom stereocenters. The smallest absolute Gasteiger partial charge is 0.214 e. The number of aromatic amines is 1. The number of hydrogen-bond acceptors (Lipinski definition) is 3. The summed E-state index contributed by atoms with van der Waals surface area (Å²) in [5.41, 5.74) is 4.64. The lowest BCUT2D eigenvalue weighted by Crippen LogP contribution is -2.14. The minimum Gasteiger partial charge on any atom is -0.354 e. The number of pyridine rings is 1. The van der Waals surface area contributed by atoms with Crippen LogP contribution in [0.3, 0.4) is 0 Å². The van der Waals surface area contributed by atoms with Gasteiger partial charge in [-0.25, -0.2) is 0 Å². The Labute approximate surface area is 150 Å². The molecule has 1 N–H and O–H groups in total. The van der Waals surface area contributed by atoms with Crippen LogP contribution in [0.15, 0.2) is 79.1 Å². The number of nitro groups is 1. The molecule has 0 bridgehead atoms. The molecule has 4 rings (SSSR count). The zero-order valence-electron chi connectivity index (χ0n) is 14.0. The van der Waals surface area contributed by atoms with Crippen LogP contribution >= 0.6 is 0 Å². The van der Waals surface area contributed by atoms with Crippen LogP contribution in [0, 0.1) is 10.1 Å². The minimum absolute atomic E-state index is 0.168. The van der Waals surface area contributed by atoms with Gasteiger partial charge in [-0.1, -0.05) is 48.5 Å². The van der Waals surface area contributed by atoms with Gasteiger partial charge in [0.2, 0.25) is 6.54 Å². The summed E-state index contributed by atoms with van der Waals surface area (Å²) < 4.78 is 0. The number of fused-ring (bicyclic) bond motifs is 1. The van der Waals surface area contributed by atoms with Gasteiger partial charge in [-0.3, -0.25) is 15.1 Å². The lowest BCUT2D eigenvalue weighted by molar-refractivity contribution is -0.481. The first-order valence-electron chi connectivity index (χ1n) is 8.42. The summed E-state index contributed by atoms with van der Waals surface area (Å²) in [6.45, 7) is -0.168. The summed E-state index contributed by atoms with van der Waals surface area (Å²) in [6.07, 6.45) is 3.50. The van der Waals surface area contributed by atoms with Crippen molar-refractivity contribution in [2.45, 2.75) is 5.92 Å². The average molecular weight is 343 g/mol. The Morgan fingerprint density at radius 3 is 2.50 bits per heavy atom. The Kier molecular flexibility index (Phi) is 4.19. The van der Waals surface area contributed by atoms with E-state index in [1.165, 1.54) is 0 Å². The molecule has 2 aromatic carbocycles. The number of benzene rings is 2. The normalized spacial score (nSPS) is 12.2. The average Bonchev–Trinajstić information content (AvgIpc) is 3.07. The van der Waals surface area contributed by atoms with E-state index in [0.717, 1.165) is 33.3 Å². The van der Waals surface area contributed by atoms with Gasteiger partial charge < -0.3 is 4.98 Å². The number of H-pyrrole nitrogens is 1. The van der Waals surface area contributed by atoms with Crippen LogP contribution in [0.1, 0.15) is 17.0 Å². The van der Waals surface area contributed by atoms with E-state index < -0.39 is 0 Å². The zero-order valence-corrected chi connectivity index (χ0v) is 14.0. The first kappa shape index (κ1) is 16.0. The molecule has 4 aromatic rings. The topological polar surface area (TPSA) is 71.8 Å². The Morgan fingerprint density at radius 2 is 1.77 bits per heavy atom. The Hall–Kier alpha value is -3.47. The van der Waals surface area contributed by atoms with Gasteiger partial charge in [-0.15, -0.1) is 0 Å². The molecule has 0 saturated carbocycles. The molecule has 0 aliphatic rings. The molecule has 2 heterocycles. The van der Waals surface area contributed by atoms with E-state index in [2.05, 4.69) is 9.97 Å². The maximum Gasteiger partial charge on any atom is 0.214 e. The van der Waals surface area contributed by atoms with Gasteiger partial charge in [-0.05, 0) is 29.3 Å². The monoisotopic (exact) mass is 343 g/mol. The summed E-state index contributed by atoms with van der Waals surface area (Å²) >= 11 is 0. The largest absolute Gasteiger partial charge is 0.354 e. The first-order valence-corrected chi connectivity index (χ1v) is 8.42. The van der Waals surface area contributed by atoms with Crippen molar-refractivity contribution in [2.24, 2.45) is 0 Å². The molecule has 0 aliphatic carbocycles. The van der Waals surface area contributed by atoms with Crippen molar-refractivity contribution < 1.29 is 4.92 Å². The summed E-state index contributed by atoms with van der Waals surface area (Å²) in [6, 6.07) is 21.4. The molecule has 26 heavy (non-hydrogen) atoms. The molecule has 0 aliphatic heterocycles. The molecule has 0 spiro atoms. The predicted octanol–water partition coefficient (Wildman–Crippen LogP) is 4.64. The lowest BCUT2D eigenvalue weighted by Gasteiger charge is -2.15. The van der Waals surface area contributed by atoms with Crippen molar-refractivity contribution in [1.82, 2.24) is 9.97 Å². The lowest BCUT2D eigenvalue weighted by atomic mass is 9.88. The molecule has 2 aromatic heterocycles. The third-order valence-electron chi connectivity index (χ3n) is 4.58. The van der Waals surface area contributed by atoms with Crippen LogP contribution < -0.4 is 0 Å². The molecular formula is C21H17N3O2. The van der Waals surface area contributed by atoms with Gasteiger partial charge in [0.05, 0.1) is 11.6 Å². The van der Waals surface area contributed by atoms with E-state index in [4.69, 9.17) is 0 Å². The molecule has 5 nitrogen and oxygen atoms in total. The molecule has 0 saturated heterocycles. The van der Waals surface area contributed by atoms with Gasteiger partial charge in [0, 0.05) is 33.8 Å². The summed E-state index contributed by atoms with van der Waals surface area (Å²) in [5, 5.41) is 12.4. The highest BCUT2D eigenvalue weighted by molar-refractivity contribution is 5.91. The van der Waals surface area contributed by atoms with Crippen LogP contribution in [0.4, 0.5) is 0 Å². The number of para-hydroxylation sites is 1. The fraction of sp³-hybridized carbons (Fsp3) is 0.0952. The van der Waals surface area contributed by atoms with Crippen molar-refractivity contribution in [3.63, 3.8) is 0 Å². The third kappa shape index (κ3) is 2.95. The summed E-state index contributed by atoms with van der Waals surface area (Å²) in [5.74, 6) is -0.349. The summed E-state index contributed by atoms with van der Waals surface area (Å²) in [4.78, 5) is 18.9. The highest BCUT2D eigenvalue weighted by atomic mass is 16.6. The maximum absolute atomic E-state index is 11.4. The van der Waals surface area contributed by atoms with Crippen LogP contribution in [-0.2, 0) is 0 Å². The number of aromatic nitrogens is 2. The second-order valence-corrected chi connectivity index (χ2v) is 6.18. The van der Waals surface area contributed by atoms with Crippen molar-refractivity contribution >= 4 is 10.9 Å². The highest BCUT2D eigenvalue weighted by Crippen LogP contribution is 2.38. The first-order chi connectivity index (χ1) is 12.7. The van der Waals surface area contributed by atoms with E-state index in [-0.39, 0.29) is 17.4 Å². The van der Waals surface area contributed by atoms with Gasteiger partial charge >= 0.3 is 0 Å². The van der Waals surface area contributed by atoms with Crippen molar-refractivity contribution in [3.8, 4) is 11.3 Å². The SMILES string of the molecule is O=[N+]([O-])CC(c1ccccc1)c1c(-c2cccnc2)[nH]c2ccccc12. The van der Waals surface area contributed by atoms with Gasteiger partial charge in [-0.2, -0.15) is 0 Å². The summed E-state index contributed by atoms with van der Waals surface area (Å²) in [7, 11) is 0. The van der Waals surface area contributed by atoms with E-state index in [9.17, 15) is 10.1 Å². The Balaban J connectivity index is 1.99. The molecule has 128 valence electrons. The van der Waals surface area contributed by atoms with Gasteiger partial charge in [0.25, 0.3) is 0 Å². The minimum atomic E-state index is -0.349. The van der Waals surface area contributed by atoms with Gasteiger partial charge in [0.15, 0.2) is 0 Å². The van der Waals surface area contributed by atoms with E-state index in [1.54, 1.807) is 12.4 Å². The quantitative estimate of drug-likeness (QED) is 0.424. The van der Waals surface area contributed by atoms with Gasteiger partial charge in [0.1, 0.15) is 0 Å². The Bertz CT molecular complexity index is 1040. The molecule has 0 amide bonds. The number of nitrogens with one attached hydrogen (secondary N) is 1. The molecule has 1 atom stereocenters. The number of nitrogens with zero attached hydrogens (tertiary/aromatic N) is 2. The predicted molar refractivity (Wildman–Crippen MR) is 102 cm³/mol. The van der Waals surface area contributed by atoms with Crippen LogP contribution in [-0.4, -0.2) is 21.4 Å². The second kappa shape index (κ2) is 6.80. The molecule has 0 radical (unpaired) electrons. The fourth-order valence-electron chi connectivity index (χ4n) is 3.46. The van der Waals surface area contributed by atoms with E-state index in [0.29, 0.717) is 0 Å². The third-order valence-corrected chi connectivity index (χ3v) is 4.58. The van der Waals surface area contributed by atoms with Crippen molar-refractivity contribution in [2.75, 3.05) is 6.54 Å². The van der Waals surface area contributed by atoms with E-state index >= 15 is 0 Å². The van der Waals surface area contributed by atoms with Crippen molar-refractivity contribution in [3.05, 3.63) is 100 Å².